The van der Waals surface area contributed by atoms with Crippen molar-refractivity contribution in [2.24, 2.45) is 5.18 Å². The number of hydrogen-bond donors (Lipinski definition) is 1. The number of hydrogen-bond acceptors (Lipinski definition) is 3. The Morgan fingerprint density at radius 3 is 2.82 bits per heavy atom. The molecule has 0 aliphatic rings. The van der Waals surface area contributed by atoms with Crippen molar-refractivity contribution >= 4 is 5.69 Å². The third kappa shape index (κ3) is 1.97. The molecule has 1 rings (SSSR count). The second-order valence-corrected chi connectivity index (χ2v) is 3.19. The lowest BCUT2D eigenvalue weighted by Crippen LogP contribution is -3.34. The number of aliphatic hydroxyl groups is 1. The van der Waals surface area contributed by atoms with E-state index < -0.39 is 0 Å². The number of halogens is 1. The molecule has 0 unspecified atom stereocenters. The highest BCUT2D eigenvalue weighted by Crippen LogP contribution is 2.12. The molecule has 0 fully saturated rings. The van der Waals surface area contributed by atoms with Crippen molar-refractivity contribution < 1.29 is 27.7 Å². The van der Waals surface area contributed by atoms with Gasteiger partial charge in [-0.2, -0.15) is 3.57 Å². The lowest BCUT2D eigenvalue weighted by molar-refractivity contribution is -0.330. The van der Waals surface area contributed by atoms with Gasteiger partial charge in [-0.15, -0.1) is 4.91 Å². The molecule has 11 heavy (non-hydrogen) atoms. The van der Waals surface area contributed by atoms with Gasteiger partial charge in [-0.25, -0.2) is 0 Å². The van der Waals surface area contributed by atoms with Gasteiger partial charge in [0.05, 0.1) is 6.61 Å². The van der Waals surface area contributed by atoms with Crippen LogP contribution in [0, 0.1) is 8.48 Å². The first-order valence-corrected chi connectivity index (χ1v) is 4.08. The van der Waals surface area contributed by atoms with Crippen molar-refractivity contribution in [1.29, 1.82) is 0 Å². The van der Waals surface area contributed by atoms with Crippen LogP contribution in [0.4, 0.5) is 5.69 Å². The maximum Gasteiger partial charge on any atom is 0.108 e. The van der Waals surface area contributed by atoms with E-state index in [-0.39, 0.29) is 6.61 Å². The van der Waals surface area contributed by atoms with Crippen molar-refractivity contribution in [2.45, 2.75) is 6.61 Å². The van der Waals surface area contributed by atoms with E-state index in [0.29, 0.717) is 5.69 Å². The van der Waals surface area contributed by atoms with Crippen LogP contribution in [0.2, 0.25) is 0 Å². The predicted molar refractivity (Wildman–Crippen MR) is 36.5 cm³/mol. The van der Waals surface area contributed by atoms with E-state index in [1.165, 1.54) is 0 Å². The third-order valence-electron chi connectivity index (χ3n) is 1.31. The van der Waals surface area contributed by atoms with E-state index in [1.807, 2.05) is 0 Å². The van der Waals surface area contributed by atoms with Gasteiger partial charge in [-0.3, -0.25) is 0 Å². The molecule has 0 bridgehead atoms. The SMILES string of the molecule is O=Nc1ccc([I-])c(CO)c1. The molecule has 1 N–H and O–H groups in total. The maximum atomic E-state index is 10.1. The highest BCUT2D eigenvalue weighted by molar-refractivity contribution is 5.39. The molecule has 0 aromatic heterocycles. The smallest absolute Gasteiger partial charge is 0.108 e. The molecule has 1 radical (unpaired) electrons. The average Bonchev–Trinajstić information content (AvgIpc) is 2.05. The fourth-order valence-corrected chi connectivity index (χ4v) is 1.25. The molecule has 3 nitrogen and oxygen atoms in total. The van der Waals surface area contributed by atoms with Gasteiger partial charge >= 0.3 is 0 Å². The van der Waals surface area contributed by atoms with E-state index >= 15 is 0 Å². The molecule has 0 heterocycles. The summed E-state index contributed by atoms with van der Waals surface area (Å²) in [6, 6.07) is 4.95. The molecule has 0 aliphatic heterocycles. The number of aliphatic hydroxyl groups excluding tert-OH is 1. The van der Waals surface area contributed by atoms with Crippen molar-refractivity contribution in [3.8, 4) is 0 Å². The van der Waals surface area contributed by atoms with E-state index in [4.69, 9.17) is 5.11 Å². The highest BCUT2D eigenvalue weighted by Gasteiger charge is 1.93. The van der Waals surface area contributed by atoms with E-state index in [1.54, 1.807) is 18.2 Å². The lowest BCUT2D eigenvalue weighted by Gasteiger charge is -2.10. The third-order valence-corrected chi connectivity index (χ3v) is 2.36. The molecule has 0 amide bonds. The summed E-state index contributed by atoms with van der Waals surface area (Å²) >= 11 is 2.09. The number of nitroso groups, excluding NO2 is 1. The Bertz CT molecular complexity index is 275. The molecule has 0 saturated heterocycles. The van der Waals surface area contributed by atoms with Crippen molar-refractivity contribution in [1.82, 2.24) is 0 Å². The molecule has 4 heteroatoms. The van der Waals surface area contributed by atoms with Crippen molar-refractivity contribution in [3.05, 3.63) is 32.2 Å². The number of nitrogens with zero attached hydrogens (tertiary/aromatic N) is 1. The first-order valence-electron chi connectivity index (χ1n) is 3.00. The monoisotopic (exact) mass is 263 g/mol. The standard InChI is InChI=1S/C7H6INO2/c8-7-2-1-6(9-11)3-5(7)4-10/h1-3,10H,4H2/q-1. The summed E-state index contributed by atoms with van der Waals surface area (Å²) in [4.78, 5) is 10.1. The zero-order valence-corrected chi connectivity index (χ0v) is 7.78. The van der Waals surface area contributed by atoms with Crippen LogP contribution in [-0.2, 0) is 6.61 Å². The first kappa shape index (κ1) is 8.61. The van der Waals surface area contributed by atoms with E-state index in [9.17, 15) is 4.91 Å². The normalized spacial score (nSPS) is 9.64. The van der Waals surface area contributed by atoms with Crippen LogP contribution >= 0.6 is 0 Å². The zero-order chi connectivity index (χ0) is 8.27. The Labute approximate surface area is 77.5 Å². The van der Waals surface area contributed by atoms with Gasteiger partial charge in [0.25, 0.3) is 0 Å². The minimum absolute atomic E-state index is 0.0539. The summed E-state index contributed by atoms with van der Waals surface area (Å²) in [7, 11) is 0. The highest BCUT2D eigenvalue weighted by atomic mass is 127. The van der Waals surface area contributed by atoms with Gasteiger partial charge in [-0.1, -0.05) is 6.07 Å². The second kappa shape index (κ2) is 3.77. The zero-order valence-electron chi connectivity index (χ0n) is 5.62. The predicted octanol–water partition coefficient (Wildman–Crippen LogP) is -1.70. The van der Waals surface area contributed by atoms with E-state index in [2.05, 4.69) is 27.8 Å². The minimum Gasteiger partial charge on any atom is -0.758 e. The topological polar surface area (TPSA) is 49.7 Å². The Kier molecular flexibility index (Phi) is 2.95. The summed E-state index contributed by atoms with van der Waals surface area (Å²) < 4.78 is 0.942. The van der Waals surface area contributed by atoms with Crippen LogP contribution in [0.15, 0.2) is 23.4 Å². The van der Waals surface area contributed by atoms with Crippen LogP contribution in [0.3, 0.4) is 0 Å². The van der Waals surface area contributed by atoms with Gasteiger partial charge in [0, 0.05) is 0 Å². The Balaban J connectivity index is 3.12. The van der Waals surface area contributed by atoms with Gasteiger partial charge in [-0.05, 0) is 22.9 Å². The molecule has 1 aromatic rings. The van der Waals surface area contributed by atoms with Crippen LogP contribution in [0.25, 0.3) is 0 Å². The summed E-state index contributed by atoms with van der Waals surface area (Å²) in [5.74, 6) is 0. The minimum atomic E-state index is -0.0539. The van der Waals surface area contributed by atoms with Gasteiger partial charge in [0.1, 0.15) is 5.69 Å². The molecule has 0 spiro atoms. The van der Waals surface area contributed by atoms with Gasteiger partial charge < -0.3 is 27.7 Å². The van der Waals surface area contributed by atoms with Crippen LogP contribution in [0.5, 0.6) is 0 Å². The average molecular weight is 263 g/mol. The summed E-state index contributed by atoms with van der Waals surface area (Å²) in [6.45, 7) is -0.0539. The summed E-state index contributed by atoms with van der Waals surface area (Å²) in [5.41, 5.74) is 1.09. The fourth-order valence-electron chi connectivity index (χ4n) is 0.739. The second-order valence-electron chi connectivity index (χ2n) is 2.03. The molecule has 59 valence electrons. The van der Waals surface area contributed by atoms with Crippen LogP contribution < -0.4 is 22.6 Å². The molecular formula is C7H6INO2-. The summed E-state index contributed by atoms with van der Waals surface area (Å²) in [6.07, 6.45) is 0. The largest absolute Gasteiger partial charge is 0.758 e. The maximum absolute atomic E-state index is 10.1. The Hall–Kier alpha value is -0.490. The fraction of sp³-hybridized carbons (Fsp3) is 0.143. The quantitative estimate of drug-likeness (QED) is 0.511. The molecule has 0 aliphatic carbocycles. The van der Waals surface area contributed by atoms with E-state index in [0.717, 1.165) is 9.13 Å². The number of benzene rings is 1. The molecular weight excluding hydrogens is 257 g/mol. The van der Waals surface area contributed by atoms with Crippen molar-refractivity contribution in [2.75, 3.05) is 0 Å². The molecule has 1 aromatic carbocycles. The Morgan fingerprint density at radius 2 is 2.27 bits per heavy atom. The Morgan fingerprint density at radius 1 is 1.55 bits per heavy atom. The van der Waals surface area contributed by atoms with Gasteiger partial charge in [0.15, 0.2) is 0 Å². The van der Waals surface area contributed by atoms with Crippen LogP contribution in [0.1, 0.15) is 5.56 Å². The van der Waals surface area contributed by atoms with Gasteiger partial charge in [0.2, 0.25) is 0 Å². The molecule has 0 saturated carbocycles. The molecule has 0 atom stereocenters. The van der Waals surface area contributed by atoms with Crippen LogP contribution in [-0.4, -0.2) is 5.11 Å². The summed E-state index contributed by atoms with van der Waals surface area (Å²) in [5, 5.41) is 11.5. The first-order chi connectivity index (χ1) is 5.27. The lowest BCUT2D eigenvalue weighted by atomic mass is 10.2. The number of rotatable bonds is 2. The van der Waals surface area contributed by atoms with Crippen molar-refractivity contribution in [3.63, 3.8) is 0 Å².